The van der Waals surface area contributed by atoms with Crippen LogP contribution in [0.4, 0.5) is 4.39 Å². The molecule has 1 saturated heterocycles. The van der Waals surface area contributed by atoms with E-state index in [0.717, 1.165) is 36.1 Å². The number of amides is 1. The summed E-state index contributed by atoms with van der Waals surface area (Å²) in [4.78, 5) is 20.2. The second kappa shape index (κ2) is 6.69. The second-order valence-electron chi connectivity index (χ2n) is 6.85. The summed E-state index contributed by atoms with van der Waals surface area (Å²) in [6.07, 6.45) is 1.84. The van der Waals surface area contributed by atoms with E-state index >= 15 is 0 Å². The fourth-order valence-electron chi connectivity index (χ4n) is 3.68. The van der Waals surface area contributed by atoms with Gasteiger partial charge in [-0.3, -0.25) is 4.79 Å². The highest BCUT2D eigenvalue weighted by molar-refractivity contribution is 7.20. The zero-order valence-corrected chi connectivity index (χ0v) is 16.2. The van der Waals surface area contributed by atoms with Gasteiger partial charge in [0, 0.05) is 29.1 Å². The molecule has 1 amide bonds. The highest BCUT2D eigenvalue weighted by atomic mass is 32.1. The minimum Gasteiger partial charge on any atom is -0.338 e. The number of thiazole rings is 1. The molecular formula is C21H17FN2OS2. The van der Waals surface area contributed by atoms with Crippen molar-refractivity contribution in [2.45, 2.75) is 18.8 Å². The summed E-state index contributed by atoms with van der Waals surface area (Å²) in [5, 5.41) is 1.71. The van der Waals surface area contributed by atoms with Gasteiger partial charge in [0.2, 0.25) is 0 Å². The second-order valence-corrected chi connectivity index (χ2v) is 8.99. The number of fused-ring (bicyclic) bond motifs is 2. The number of hydrogen-bond acceptors (Lipinski definition) is 4. The average molecular weight is 397 g/mol. The standard InChI is InChI=1S/C21H17FN2OS2/c22-15-4-3-7-17-14(15)12-19(26-17)21(25)24-10-8-13(9-11-24)20-23-16-5-1-2-6-18(16)27-20/h1-7,12-13H,8-11H2. The third kappa shape index (κ3) is 3.03. The van der Waals surface area contributed by atoms with Gasteiger partial charge in [-0.25, -0.2) is 9.37 Å². The normalized spacial score (nSPS) is 15.7. The number of likely N-dealkylation sites (tertiary alicyclic amines) is 1. The number of halogens is 1. The van der Waals surface area contributed by atoms with Gasteiger partial charge in [0.15, 0.2) is 0 Å². The third-order valence-electron chi connectivity index (χ3n) is 5.16. The molecule has 0 aliphatic carbocycles. The van der Waals surface area contributed by atoms with E-state index < -0.39 is 0 Å². The topological polar surface area (TPSA) is 33.2 Å². The number of para-hydroxylation sites is 1. The number of thiophene rings is 1. The Morgan fingerprint density at radius 1 is 1.04 bits per heavy atom. The largest absolute Gasteiger partial charge is 0.338 e. The van der Waals surface area contributed by atoms with E-state index in [4.69, 9.17) is 4.98 Å². The predicted molar refractivity (Wildman–Crippen MR) is 109 cm³/mol. The van der Waals surface area contributed by atoms with Gasteiger partial charge in [-0.1, -0.05) is 18.2 Å². The quantitative estimate of drug-likeness (QED) is 0.437. The summed E-state index contributed by atoms with van der Waals surface area (Å²) >= 11 is 3.13. The molecule has 0 spiro atoms. The van der Waals surface area contributed by atoms with E-state index in [1.807, 2.05) is 23.1 Å². The number of carbonyl (C=O) groups excluding carboxylic acids is 1. The van der Waals surface area contributed by atoms with Gasteiger partial charge in [0.1, 0.15) is 5.82 Å². The Morgan fingerprint density at radius 3 is 2.59 bits per heavy atom. The number of carbonyl (C=O) groups is 1. The van der Waals surface area contributed by atoms with Crippen LogP contribution in [0, 0.1) is 5.82 Å². The number of hydrogen-bond donors (Lipinski definition) is 0. The molecule has 0 unspecified atom stereocenters. The highest BCUT2D eigenvalue weighted by Gasteiger charge is 2.27. The van der Waals surface area contributed by atoms with Gasteiger partial charge >= 0.3 is 0 Å². The maximum Gasteiger partial charge on any atom is 0.263 e. The Hall–Kier alpha value is -2.31. The van der Waals surface area contributed by atoms with E-state index in [1.54, 1.807) is 23.5 Å². The Kier molecular flexibility index (Phi) is 4.17. The molecule has 0 bridgehead atoms. The Morgan fingerprint density at radius 2 is 1.81 bits per heavy atom. The predicted octanol–water partition coefficient (Wildman–Crippen LogP) is 5.67. The molecule has 136 valence electrons. The van der Waals surface area contributed by atoms with Crippen LogP contribution in [0.15, 0.2) is 48.5 Å². The van der Waals surface area contributed by atoms with Crippen molar-refractivity contribution < 1.29 is 9.18 Å². The molecular weight excluding hydrogens is 379 g/mol. The maximum atomic E-state index is 13.9. The smallest absolute Gasteiger partial charge is 0.263 e. The van der Waals surface area contributed by atoms with Crippen molar-refractivity contribution in [2.24, 2.45) is 0 Å². The van der Waals surface area contributed by atoms with Crippen LogP contribution in [-0.2, 0) is 0 Å². The summed E-state index contributed by atoms with van der Waals surface area (Å²) in [5.41, 5.74) is 1.06. The van der Waals surface area contributed by atoms with Crippen molar-refractivity contribution in [2.75, 3.05) is 13.1 Å². The van der Waals surface area contributed by atoms with Gasteiger partial charge in [-0.15, -0.1) is 22.7 Å². The molecule has 3 nitrogen and oxygen atoms in total. The zero-order chi connectivity index (χ0) is 18.4. The minimum atomic E-state index is -0.266. The molecule has 0 saturated carbocycles. The number of benzene rings is 2. The number of rotatable bonds is 2. The molecule has 1 aliphatic heterocycles. The summed E-state index contributed by atoms with van der Waals surface area (Å²) in [6.45, 7) is 1.44. The Balaban J connectivity index is 1.31. The summed E-state index contributed by atoms with van der Waals surface area (Å²) in [7, 11) is 0. The van der Waals surface area contributed by atoms with E-state index in [0.29, 0.717) is 16.2 Å². The number of piperidine rings is 1. The summed E-state index contributed by atoms with van der Waals surface area (Å²) in [5.74, 6) is 0.155. The van der Waals surface area contributed by atoms with Crippen LogP contribution in [0.3, 0.4) is 0 Å². The molecule has 5 rings (SSSR count). The minimum absolute atomic E-state index is 0.0124. The van der Waals surface area contributed by atoms with Gasteiger partial charge in [-0.05, 0) is 43.2 Å². The summed E-state index contributed by atoms with van der Waals surface area (Å²) < 4.78 is 16.0. The van der Waals surface area contributed by atoms with Crippen molar-refractivity contribution >= 4 is 48.9 Å². The molecule has 0 radical (unpaired) electrons. The lowest BCUT2D eigenvalue weighted by Crippen LogP contribution is -2.37. The zero-order valence-electron chi connectivity index (χ0n) is 14.5. The Labute approximate surface area is 164 Å². The average Bonchev–Trinajstić information content (AvgIpc) is 3.32. The van der Waals surface area contributed by atoms with Crippen molar-refractivity contribution in [1.82, 2.24) is 9.88 Å². The fraction of sp³-hybridized carbons (Fsp3) is 0.238. The molecule has 6 heteroatoms. The van der Waals surface area contributed by atoms with Crippen LogP contribution in [0.2, 0.25) is 0 Å². The van der Waals surface area contributed by atoms with Crippen molar-refractivity contribution in [3.05, 3.63) is 64.2 Å². The van der Waals surface area contributed by atoms with Gasteiger partial charge < -0.3 is 4.90 Å². The molecule has 1 fully saturated rings. The monoisotopic (exact) mass is 396 g/mol. The van der Waals surface area contributed by atoms with Crippen LogP contribution in [0.1, 0.15) is 33.4 Å². The molecule has 3 heterocycles. The summed E-state index contributed by atoms with van der Waals surface area (Å²) in [6, 6.07) is 14.9. The first-order chi connectivity index (χ1) is 13.2. The van der Waals surface area contributed by atoms with Crippen LogP contribution >= 0.6 is 22.7 Å². The van der Waals surface area contributed by atoms with Crippen LogP contribution in [-0.4, -0.2) is 28.9 Å². The molecule has 0 atom stereocenters. The third-order valence-corrected chi connectivity index (χ3v) is 7.45. The molecule has 27 heavy (non-hydrogen) atoms. The van der Waals surface area contributed by atoms with E-state index in [-0.39, 0.29) is 11.7 Å². The fourth-order valence-corrected chi connectivity index (χ4v) is 5.86. The molecule has 4 aromatic rings. The number of aromatic nitrogens is 1. The van der Waals surface area contributed by atoms with Crippen molar-refractivity contribution in [3.8, 4) is 0 Å². The van der Waals surface area contributed by atoms with E-state index in [9.17, 15) is 9.18 Å². The van der Waals surface area contributed by atoms with Gasteiger partial charge in [0.05, 0.1) is 20.1 Å². The molecule has 2 aromatic heterocycles. The first-order valence-electron chi connectivity index (χ1n) is 9.02. The van der Waals surface area contributed by atoms with Crippen molar-refractivity contribution in [1.29, 1.82) is 0 Å². The lowest BCUT2D eigenvalue weighted by molar-refractivity contribution is 0.0718. The molecule has 0 N–H and O–H groups in total. The number of nitrogens with zero attached hydrogens (tertiary/aromatic N) is 2. The van der Waals surface area contributed by atoms with E-state index in [1.165, 1.54) is 27.1 Å². The lowest BCUT2D eigenvalue weighted by Gasteiger charge is -2.30. The van der Waals surface area contributed by atoms with Crippen LogP contribution in [0.25, 0.3) is 20.3 Å². The lowest BCUT2D eigenvalue weighted by atomic mass is 9.97. The Bertz CT molecular complexity index is 1110. The SMILES string of the molecule is O=C(c1cc2c(F)cccc2s1)N1CCC(c2nc3ccccc3s2)CC1. The first-order valence-corrected chi connectivity index (χ1v) is 10.6. The van der Waals surface area contributed by atoms with Crippen LogP contribution in [0.5, 0.6) is 0 Å². The van der Waals surface area contributed by atoms with Crippen LogP contribution < -0.4 is 0 Å². The molecule has 2 aromatic carbocycles. The molecule has 1 aliphatic rings. The van der Waals surface area contributed by atoms with Crippen molar-refractivity contribution in [3.63, 3.8) is 0 Å². The van der Waals surface area contributed by atoms with Gasteiger partial charge in [-0.2, -0.15) is 0 Å². The highest BCUT2D eigenvalue weighted by Crippen LogP contribution is 2.35. The van der Waals surface area contributed by atoms with E-state index in [2.05, 4.69) is 12.1 Å². The first kappa shape index (κ1) is 16.8. The maximum absolute atomic E-state index is 13.9. The van der Waals surface area contributed by atoms with Gasteiger partial charge in [0.25, 0.3) is 5.91 Å².